The maximum absolute atomic E-state index is 6.11. The zero-order chi connectivity index (χ0) is 19.4. The van der Waals surface area contributed by atoms with Crippen LogP contribution in [0.15, 0.2) is 29.3 Å². The zero-order valence-electron chi connectivity index (χ0n) is 17.1. The highest BCUT2D eigenvalue weighted by Gasteiger charge is 2.45. The summed E-state index contributed by atoms with van der Waals surface area (Å²) in [6.07, 6.45) is 9.57. The van der Waals surface area contributed by atoms with Crippen molar-refractivity contribution in [2.24, 2.45) is 10.9 Å². The molecule has 0 aromatic heterocycles. The maximum atomic E-state index is 6.11. The molecule has 1 aromatic rings. The smallest absolute Gasteiger partial charge is 0.117 e. The number of aliphatic imine (C=N–C) groups is 1. The van der Waals surface area contributed by atoms with Crippen LogP contribution in [-0.2, 0) is 6.42 Å². The second kappa shape index (κ2) is 9.15. The Morgan fingerprint density at radius 3 is 2.68 bits per heavy atom. The Kier molecular flexibility index (Phi) is 6.59. The average molecular weight is 403 g/mol. The van der Waals surface area contributed by atoms with Crippen LogP contribution in [0.5, 0.6) is 0 Å². The minimum absolute atomic E-state index is 0.0516. The first-order valence-electron chi connectivity index (χ1n) is 11.2. The van der Waals surface area contributed by atoms with Gasteiger partial charge in [0.2, 0.25) is 0 Å². The van der Waals surface area contributed by atoms with E-state index in [1.54, 1.807) is 0 Å². The van der Waals surface area contributed by atoms with Gasteiger partial charge < -0.3 is 10.6 Å². The first kappa shape index (κ1) is 20.2. The van der Waals surface area contributed by atoms with Crippen LogP contribution in [0.1, 0.15) is 57.4 Å². The fourth-order valence-corrected chi connectivity index (χ4v) is 5.37. The van der Waals surface area contributed by atoms with E-state index in [1.807, 2.05) is 12.1 Å². The van der Waals surface area contributed by atoms with E-state index in [0.29, 0.717) is 12.1 Å². The molecule has 1 spiro atoms. The van der Waals surface area contributed by atoms with E-state index in [-0.39, 0.29) is 5.54 Å². The number of hydrogen-bond donors (Lipinski definition) is 3. The van der Waals surface area contributed by atoms with E-state index in [9.17, 15) is 0 Å². The molecule has 0 amide bonds. The highest BCUT2D eigenvalue weighted by atomic mass is 35.5. The normalized spacial score (nSPS) is 31.2. The average Bonchev–Trinajstić information content (AvgIpc) is 2.87. The van der Waals surface area contributed by atoms with E-state index in [0.717, 1.165) is 56.3 Å². The molecule has 3 atom stereocenters. The monoisotopic (exact) mass is 402 g/mol. The Morgan fingerprint density at radius 2 is 1.89 bits per heavy atom. The molecule has 5 heteroatoms. The highest BCUT2D eigenvalue weighted by molar-refractivity contribution is 6.30. The maximum Gasteiger partial charge on any atom is 0.117 e. The van der Waals surface area contributed by atoms with Crippen LogP contribution in [0.2, 0.25) is 5.02 Å². The highest BCUT2D eigenvalue weighted by Crippen LogP contribution is 2.31. The number of piperazine rings is 1. The summed E-state index contributed by atoms with van der Waals surface area (Å²) in [6.45, 7) is 5.43. The molecule has 4 rings (SSSR count). The molecule has 28 heavy (non-hydrogen) atoms. The van der Waals surface area contributed by atoms with Crippen molar-refractivity contribution in [1.29, 1.82) is 0 Å². The van der Waals surface area contributed by atoms with Gasteiger partial charge in [-0.3, -0.25) is 10.3 Å². The lowest BCUT2D eigenvalue weighted by molar-refractivity contribution is 0.222. The van der Waals surface area contributed by atoms with Gasteiger partial charge in [-0.2, -0.15) is 0 Å². The molecule has 2 aliphatic heterocycles. The second-order valence-electron chi connectivity index (χ2n) is 9.06. The predicted octanol–water partition coefficient (Wildman–Crippen LogP) is 3.93. The van der Waals surface area contributed by atoms with E-state index in [1.165, 1.54) is 37.1 Å². The number of fused-ring (bicyclic) bond motifs is 1. The molecule has 0 bridgehead atoms. The van der Waals surface area contributed by atoms with Gasteiger partial charge in [-0.25, -0.2) is 0 Å². The molecule has 3 N–H and O–H groups in total. The number of halogens is 1. The summed E-state index contributed by atoms with van der Waals surface area (Å²) in [5.74, 6) is 2.08. The Bertz CT molecular complexity index is 683. The molecule has 3 fully saturated rings. The summed E-state index contributed by atoms with van der Waals surface area (Å²) < 4.78 is 0. The Balaban J connectivity index is 1.43. The van der Waals surface area contributed by atoms with Crippen LogP contribution in [-0.4, -0.2) is 43.1 Å². The molecule has 3 unspecified atom stereocenters. The number of hydrogen-bond acceptors (Lipinski definition) is 3. The van der Waals surface area contributed by atoms with Crippen molar-refractivity contribution >= 4 is 17.4 Å². The Labute approximate surface area is 174 Å². The van der Waals surface area contributed by atoms with Crippen molar-refractivity contribution in [3.63, 3.8) is 0 Å². The van der Waals surface area contributed by atoms with Gasteiger partial charge in [0.1, 0.15) is 5.84 Å². The van der Waals surface area contributed by atoms with Crippen LogP contribution in [0.4, 0.5) is 0 Å². The summed E-state index contributed by atoms with van der Waals surface area (Å²) in [5, 5.41) is 12.4. The van der Waals surface area contributed by atoms with Gasteiger partial charge >= 0.3 is 0 Å². The van der Waals surface area contributed by atoms with Crippen molar-refractivity contribution in [3.05, 3.63) is 34.9 Å². The van der Waals surface area contributed by atoms with Crippen molar-refractivity contribution in [3.8, 4) is 0 Å². The third kappa shape index (κ3) is 4.72. The minimum Gasteiger partial charge on any atom is -0.368 e. The van der Waals surface area contributed by atoms with Crippen LogP contribution < -0.4 is 16.0 Å². The molecular formula is C23H35ClN4. The lowest BCUT2D eigenvalue weighted by Gasteiger charge is -2.49. The van der Waals surface area contributed by atoms with Gasteiger partial charge in [0.25, 0.3) is 0 Å². The Hall–Kier alpha value is -1.10. The number of nitrogens with one attached hydrogen (secondary N) is 3. The van der Waals surface area contributed by atoms with Crippen molar-refractivity contribution in [1.82, 2.24) is 16.0 Å². The van der Waals surface area contributed by atoms with Crippen LogP contribution >= 0.6 is 11.6 Å². The van der Waals surface area contributed by atoms with E-state index in [2.05, 4.69) is 35.0 Å². The lowest BCUT2D eigenvalue weighted by Crippen LogP contribution is -2.72. The Morgan fingerprint density at radius 1 is 1.11 bits per heavy atom. The number of amidine groups is 1. The molecule has 4 nitrogen and oxygen atoms in total. The summed E-state index contributed by atoms with van der Waals surface area (Å²) in [5.41, 5.74) is 1.35. The number of piperidine rings is 1. The van der Waals surface area contributed by atoms with Crippen molar-refractivity contribution < 1.29 is 0 Å². The first-order valence-corrected chi connectivity index (χ1v) is 11.6. The fourth-order valence-electron chi connectivity index (χ4n) is 5.16. The topological polar surface area (TPSA) is 48.5 Å². The largest absolute Gasteiger partial charge is 0.368 e. The summed E-state index contributed by atoms with van der Waals surface area (Å²) in [4.78, 5) is 5.12. The lowest BCUT2D eigenvalue weighted by atomic mass is 9.81. The quantitative estimate of drug-likeness (QED) is 0.668. The molecule has 2 heterocycles. The standard InChI is InChI=1S/C23H35ClN4/c1-17-7-9-20-21(10-8-17)28-23(11-14-25-15-12-23)22(27-20)26-13-3-5-18-4-2-6-19(24)16-18/h2,4,6,16-17,20-21,25,28H,3,5,7-15H2,1H3,(H,26,27). The summed E-state index contributed by atoms with van der Waals surface area (Å²) in [7, 11) is 0. The molecule has 2 saturated heterocycles. The van der Waals surface area contributed by atoms with E-state index < -0.39 is 0 Å². The number of benzene rings is 1. The third-order valence-electron chi connectivity index (χ3n) is 6.90. The molecule has 3 aliphatic rings. The molecule has 1 aromatic carbocycles. The fraction of sp³-hybridized carbons (Fsp3) is 0.696. The van der Waals surface area contributed by atoms with Gasteiger partial charge in [0.15, 0.2) is 0 Å². The third-order valence-corrected chi connectivity index (χ3v) is 7.14. The predicted molar refractivity (Wildman–Crippen MR) is 118 cm³/mol. The first-order chi connectivity index (χ1) is 13.6. The summed E-state index contributed by atoms with van der Waals surface area (Å²) >= 11 is 6.11. The van der Waals surface area contributed by atoms with Crippen molar-refractivity contribution in [2.75, 3.05) is 19.6 Å². The van der Waals surface area contributed by atoms with E-state index in [4.69, 9.17) is 16.6 Å². The SMILES string of the molecule is CC1CCC2NC(=NCCCc3cccc(Cl)c3)C3(CCNCC3)NC2CC1. The number of aryl methyl sites for hydroxylation is 1. The van der Waals surface area contributed by atoms with Gasteiger partial charge in [0, 0.05) is 23.7 Å². The molecule has 1 saturated carbocycles. The van der Waals surface area contributed by atoms with Gasteiger partial charge in [-0.15, -0.1) is 0 Å². The molecular weight excluding hydrogens is 368 g/mol. The molecule has 0 radical (unpaired) electrons. The van der Waals surface area contributed by atoms with Gasteiger partial charge in [0.05, 0.1) is 5.54 Å². The van der Waals surface area contributed by atoms with Crippen LogP contribution in [0.25, 0.3) is 0 Å². The van der Waals surface area contributed by atoms with Gasteiger partial charge in [-0.1, -0.05) is 30.7 Å². The van der Waals surface area contributed by atoms with Gasteiger partial charge in [-0.05, 0) is 88.1 Å². The second-order valence-corrected chi connectivity index (χ2v) is 9.49. The molecule has 154 valence electrons. The number of rotatable bonds is 4. The van der Waals surface area contributed by atoms with E-state index >= 15 is 0 Å². The molecule has 1 aliphatic carbocycles. The van der Waals surface area contributed by atoms with Crippen LogP contribution in [0.3, 0.4) is 0 Å². The zero-order valence-corrected chi connectivity index (χ0v) is 17.9. The number of nitrogens with zero attached hydrogens (tertiary/aromatic N) is 1. The minimum atomic E-state index is 0.0516. The van der Waals surface area contributed by atoms with Crippen molar-refractivity contribution in [2.45, 2.75) is 75.9 Å². The van der Waals surface area contributed by atoms with Crippen LogP contribution in [0, 0.1) is 5.92 Å². The summed E-state index contributed by atoms with van der Waals surface area (Å²) in [6, 6.07) is 9.33.